The number of rotatable bonds is 7. The highest BCUT2D eigenvalue weighted by Gasteiger charge is 2.09. The summed E-state index contributed by atoms with van der Waals surface area (Å²) in [5, 5.41) is 5.89. The quantitative estimate of drug-likeness (QED) is 0.701. The van der Waals surface area contributed by atoms with Crippen molar-refractivity contribution in [2.75, 3.05) is 31.4 Å². The lowest BCUT2D eigenvalue weighted by atomic mass is 10.2. The minimum Gasteiger partial charge on any atom is -0.497 e. The highest BCUT2D eigenvalue weighted by atomic mass is 35.5. The predicted octanol–water partition coefficient (Wildman–Crippen LogP) is 2.51. The number of primary amides is 1. The topological polar surface area (TPSA) is 103 Å². The molecular weight excluding hydrogens is 346 g/mol. The monoisotopic (exact) mass is 363 g/mol. The van der Waals surface area contributed by atoms with Crippen LogP contribution in [0.5, 0.6) is 11.5 Å². The van der Waals surface area contributed by atoms with E-state index in [1.165, 1.54) is 26.4 Å². The third-order valence-corrected chi connectivity index (χ3v) is 3.65. The summed E-state index contributed by atoms with van der Waals surface area (Å²) >= 11 is 5.89. The number of nitrogens with one attached hydrogen (secondary N) is 2. The van der Waals surface area contributed by atoms with Crippen LogP contribution in [-0.2, 0) is 4.79 Å². The van der Waals surface area contributed by atoms with Crippen LogP contribution in [-0.4, -0.2) is 32.6 Å². The lowest BCUT2D eigenvalue weighted by Crippen LogP contribution is -2.22. The maximum absolute atomic E-state index is 12.1. The highest BCUT2D eigenvalue weighted by Crippen LogP contribution is 2.25. The molecule has 2 amide bonds. The number of ether oxygens (including phenoxy) is 2. The Bertz CT molecular complexity index is 773. The molecule has 0 saturated carbocycles. The van der Waals surface area contributed by atoms with Crippen LogP contribution in [0.2, 0.25) is 5.02 Å². The summed E-state index contributed by atoms with van der Waals surface area (Å²) in [4.78, 5) is 23.4. The first-order valence-corrected chi connectivity index (χ1v) is 7.67. The highest BCUT2D eigenvalue weighted by molar-refractivity contribution is 6.33. The largest absolute Gasteiger partial charge is 0.497 e. The van der Waals surface area contributed by atoms with Crippen LogP contribution in [0.4, 0.5) is 11.4 Å². The van der Waals surface area contributed by atoms with Crippen LogP contribution >= 0.6 is 11.6 Å². The molecule has 2 rings (SSSR count). The standard InChI is InChI=1S/C17H18ClN3O4/c1-24-12-5-11(6-13(8-12)25-2)21-16(22)9-20-10-3-4-15(18)14(7-10)17(19)23/h3-8,20H,9H2,1-2H3,(H2,19,23)(H,21,22). The predicted molar refractivity (Wildman–Crippen MR) is 96.6 cm³/mol. The summed E-state index contributed by atoms with van der Waals surface area (Å²) in [6, 6.07) is 9.73. The van der Waals surface area contributed by atoms with E-state index in [1.807, 2.05) is 0 Å². The normalized spacial score (nSPS) is 10.0. The van der Waals surface area contributed by atoms with Gasteiger partial charge in [0.1, 0.15) is 11.5 Å². The number of methoxy groups -OCH3 is 2. The van der Waals surface area contributed by atoms with Gasteiger partial charge in [-0.3, -0.25) is 9.59 Å². The average Bonchev–Trinajstić information content (AvgIpc) is 2.60. The van der Waals surface area contributed by atoms with Crippen molar-refractivity contribution in [3.8, 4) is 11.5 Å². The van der Waals surface area contributed by atoms with E-state index in [-0.39, 0.29) is 23.0 Å². The Morgan fingerprint density at radius 2 is 1.68 bits per heavy atom. The van der Waals surface area contributed by atoms with Crippen LogP contribution in [0.3, 0.4) is 0 Å². The molecule has 0 aliphatic carbocycles. The molecule has 25 heavy (non-hydrogen) atoms. The molecule has 8 heteroatoms. The first-order chi connectivity index (χ1) is 11.9. The number of hydrogen-bond donors (Lipinski definition) is 3. The maximum atomic E-state index is 12.1. The third-order valence-electron chi connectivity index (χ3n) is 3.32. The van der Waals surface area contributed by atoms with Crippen LogP contribution in [0.15, 0.2) is 36.4 Å². The third kappa shape index (κ3) is 5.02. The summed E-state index contributed by atoms with van der Waals surface area (Å²) in [7, 11) is 3.05. The Morgan fingerprint density at radius 3 is 2.24 bits per heavy atom. The Kier molecular flexibility index (Phi) is 6.08. The van der Waals surface area contributed by atoms with Gasteiger partial charge in [0.15, 0.2) is 0 Å². The molecule has 0 aromatic heterocycles. The van der Waals surface area contributed by atoms with Gasteiger partial charge in [-0.05, 0) is 18.2 Å². The van der Waals surface area contributed by atoms with E-state index >= 15 is 0 Å². The van der Waals surface area contributed by atoms with Crippen LogP contribution < -0.4 is 25.8 Å². The second-order valence-electron chi connectivity index (χ2n) is 5.06. The fourth-order valence-corrected chi connectivity index (χ4v) is 2.30. The molecule has 0 radical (unpaired) electrons. The van der Waals surface area contributed by atoms with Crippen LogP contribution in [0.25, 0.3) is 0 Å². The zero-order valence-corrected chi connectivity index (χ0v) is 14.5. The zero-order chi connectivity index (χ0) is 18.4. The van der Waals surface area contributed by atoms with Gasteiger partial charge in [0, 0.05) is 29.6 Å². The van der Waals surface area contributed by atoms with Gasteiger partial charge in [0.25, 0.3) is 0 Å². The first-order valence-electron chi connectivity index (χ1n) is 7.29. The van der Waals surface area contributed by atoms with Crippen molar-refractivity contribution in [2.45, 2.75) is 0 Å². The molecule has 0 atom stereocenters. The molecule has 2 aromatic carbocycles. The molecule has 4 N–H and O–H groups in total. The summed E-state index contributed by atoms with van der Waals surface area (Å²) in [5.41, 5.74) is 6.52. The van der Waals surface area contributed by atoms with Gasteiger partial charge >= 0.3 is 0 Å². The molecule has 0 aliphatic heterocycles. The van der Waals surface area contributed by atoms with E-state index in [2.05, 4.69) is 10.6 Å². The van der Waals surface area contributed by atoms with Gasteiger partial charge in [-0.1, -0.05) is 11.6 Å². The smallest absolute Gasteiger partial charge is 0.250 e. The van der Waals surface area contributed by atoms with Gasteiger partial charge in [-0.2, -0.15) is 0 Å². The number of amides is 2. The Labute approximate surface area is 150 Å². The van der Waals surface area contributed by atoms with Crippen molar-refractivity contribution in [1.29, 1.82) is 0 Å². The minimum atomic E-state index is -0.637. The SMILES string of the molecule is COc1cc(NC(=O)CNc2ccc(Cl)c(C(N)=O)c2)cc(OC)c1. The van der Waals surface area contributed by atoms with Crippen LogP contribution in [0, 0.1) is 0 Å². The summed E-state index contributed by atoms with van der Waals surface area (Å²) in [6.45, 7) is -0.0145. The Morgan fingerprint density at radius 1 is 1.04 bits per heavy atom. The molecule has 0 unspecified atom stereocenters. The van der Waals surface area contributed by atoms with Gasteiger partial charge in [0.05, 0.1) is 31.4 Å². The van der Waals surface area contributed by atoms with Crippen molar-refractivity contribution in [3.63, 3.8) is 0 Å². The van der Waals surface area contributed by atoms with Crippen molar-refractivity contribution < 1.29 is 19.1 Å². The summed E-state index contributed by atoms with van der Waals surface area (Å²) in [5.74, 6) is 0.199. The number of anilines is 2. The molecule has 7 nitrogen and oxygen atoms in total. The van der Waals surface area contributed by atoms with E-state index in [1.54, 1.807) is 24.3 Å². The van der Waals surface area contributed by atoms with Gasteiger partial charge in [-0.15, -0.1) is 0 Å². The lowest BCUT2D eigenvalue weighted by molar-refractivity contribution is -0.114. The fraction of sp³-hybridized carbons (Fsp3) is 0.176. The molecule has 0 bridgehead atoms. The Balaban J connectivity index is 2.02. The first kappa shape index (κ1) is 18.4. The van der Waals surface area contributed by atoms with E-state index in [4.69, 9.17) is 26.8 Å². The van der Waals surface area contributed by atoms with Crippen molar-refractivity contribution in [3.05, 3.63) is 47.0 Å². The van der Waals surface area contributed by atoms with Crippen molar-refractivity contribution in [1.82, 2.24) is 0 Å². The molecule has 0 saturated heterocycles. The van der Waals surface area contributed by atoms with E-state index in [9.17, 15) is 9.59 Å². The molecule has 0 heterocycles. The number of halogens is 1. The van der Waals surface area contributed by atoms with E-state index < -0.39 is 5.91 Å². The minimum absolute atomic E-state index is 0.0145. The number of benzene rings is 2. The average molecular weight is 364 g/mol. The van der Waals surface area contributed by atoms with Gasteiger partial charge in [-0.25, -0.2) is 0 Å². The summed E-state index contributed by atoms with van der Waals surface area (Å²) < 4.78 is 10.3. The van der Waals surface area contributed by atoms with Gasteiger partial charge in [0.2, 0.25) is 11.8 Å². The van der Waals surface area contributed by atoms with Crippen molar-refractivity contribution in [2.24, 2.45) is 5.73 Å². The lowest BCUT2D eigenvalue weighted by Gasteiger charge is -2.11. The maximum Gasteiger partial charge on any atom is 0.250 e. The number of hydrogen-bond acceptors (Lipinski definition) is 5. The summed E-state index contributed by atoms with van der Waals surface area (Å²) in [6.07, 6.45) is 0. The molecule has 2 aromatic rings. The number of nitrogens with two attached hydrogens (primary N) is 1. The molecule has 0 aliphatic rings. The second kappa shape index (κ2) is 8.25. The fourth-order valence-electron chi connectivity index (χ4n) is 2.09. The Hall–Kier alpha value is -2.93. The molecular formula is C17H18ClN3O4. The van der Waals surface area contributed by atoms with E-state index in [0.717, 1.165) is 0 Å². The molecule has 132 valence electrons. The second-order valence-corrected chi connectivity index (χ2v) is 5.47. The molecule has 0 fully saturated rings. The molecule has 0 spiro atoms. The van der Waals surface area contributed by atoms with Gasteiger partial charge < -0.3 is 25.8 Å². The van der Waals surface area contributed by atoms with E-state index in [0.29, 0.717) is 22.9 Å². The van der Waals surface area contributed by atoms with Crippen LogP contribution in [0.1, 0.15) is 10.4 Å². The van der Waals surface area contributed by atoms with Crippen molar-refractivity contribution >= 4 is 34.8 Å². The zero-order valence-electron chi connectivity index (χ0n) is 13.8. The number of carbonyl (C=O) groups is 2. The number of carbonyl (C=O) groups excluding carboxylic acids is 2.